The highest BCUT2D eigenvalue weighted by molar-refractivity contribution is 7.90. The summed E-state index contributed by atoms with van der Waals surface area (Å²) in [5.41, 5.74) is 2.47. The van der Waals surface area contributed by atoms with Crippen LogP contribution in [0.4, 0.5) is 0 Å². The monoisotopic (exact) mass is 358 g/mol. The van der Waals surface area contributed by atoms with Gasteiger partial charge in [-0.1, -0.05) is 12.1 Å². The van der Waals surface area contributed by atoms with Crippen LogP contribution in [-0.2, 0) is 16.9 Å². The molecule has 130 valence electrons. The number of aromatic nitrogens is 3. The maximum absolute atomic E-state index is 12.3. The zero-order valence-corrected chi connectivity index (χ0v) is 15.2. The zero-order valence-electron chi connectivity index (χ0n) is 14.4. The fourth-order valence-corrected chi connectivity index (χ4v) is 3.20. The van der Waals surface area contributed by atoms with Gasteiger partial charge in [0.25, 0.3) is 5.91 Å². The Morgan fingerprint density at radius 3 is 2.36 bits per heavy atom. The van der Waals surface area contributed by atoms with Crippen molar-refractivity contribution in [3.8, 4) is 11.1 Å². The molecular formula is C17H18N4O3S. The van der Waals surface area contributed by atoms with E-state index in [2.05, 4.69) is 10.1 Å². The van der Waals surface area contributed by atoms with E-state index in [1.165, 1.54) is 11.2 Å². The second-order valence-electron chi connectivity index (χ2n) is 6.06. The Kier molecular flexibility index (Phi) is 4.08. The molecule has 3 rings (SSSR count). The van der Waals surface area contributed by atoms with Gasteiger partial charge in [-0.3, -0.25) is 9.48 Å². The quantitative estimate of drug-likeness (QED) is 0.712. The van der Waals surface area contributed by atoms with Crippen LogP contribution in [0.2, 0.25) is 0 Å². The number of fused-ring (bicyclic) bond motifs is 1. The number of benzene rings is 1. The number of rotatable bonds is 3. The molecule has 0 aliphatic rings. The SMILES string of the molecule is CN(C)C(=O)c1cc(-c2ccc(S(C)(=O)=O)cc2)c2cnn(C)c2n1. The number of aryl methyl sites for hydroxylation is 1. The molecule has 1 aromatic carbocycles. The standard InChI is InChI=1S/C17H18N4O3S/c1-20(2)17(22)15-9-13(14-10-18-21(3)16(14)19-15)11-5-7-12(8-6-11)25(4,23)24/h5-10H,1-4H3. The van der Waals surface area contributed by atoms with Gasteiger partial charge in [-0.25, -0.2) is 13.4 Å². The average molecular weight is 358 g/mol. The predicted octanol–water partition coefficient (Wildman–Crippen LogP) is 1.74. The minimum absolute atomic E-state index is 0.211. The number of carbonyl (C=O) groups is 1. The fraction of sp³-hybridized carbons (Fsp3) is 0.235. The third-order valence-corrected chi connectivity index (χ3v) is 5.05. The van der Waals surface area contributed by atoms with Gasteiger partial charge in [0.05, 0.1) is 11.1 Å². The molecule has 8 heteroatoms. The molecule has 0 aliphatic heterocycles. The highest BCUT2D eigenvalue weighted by atomic mass is 32.2. The molecule has 2 heterocycles. The highest BCUT2D eigenvalue weighted by Gasteiger charge is 2.17. The maximum atomic E-state index is 12.3. The fourth-order valence-electron chi connectivity index (χ4n) is 2.57. The van der Waals surface area contributed by atoms with Gasteiger partial charge in [-0.15, -0.1) is 0 Å². The molecule has 1 amide bonds. The molecule has 0 saturated heterocycles. The Labute approximate surface area is 145 Å². The number of sulfone groups is 1. The third kappa shape index (κ3) is 3.12. The first-order chi connectivity index (χ1) is 11.7. The summed E-state index contributed by atoms with van der Waals surface area (Å²) in [6, 6.07) is 8.27. The number of amides is 1. The summed E-state index contributed by atoms with van der Waals surface area (Å²) < 4.78 is 24.9. The Balaban J connectivity index is 2.22. The van der Waals surface area contributed by atoms with E-state index >= 15 is 0 Å². The van der Waals surface area contributed by atoms with Crippen LogP contribution in [0.3, 0.4) is 0 Å². The molecular weight excluding hydrogens is 340 g/mol. The van der Waals surface area contributed by atoms with Crippen LogP contribution < -0.4 is 0 Å². The van der Waals surface area contributed by atoms with Crippen molar-refractivity contribution >= 4 is 26.8 Å². The van der Waals surface area contributed by atoms with Crippen LogP contribution >= 0.6 is 0 Å². The molecule has 0 fully saturated rings. The van der Waals surface area contributed by atoms with E-state index in [1.54, 1.807) is 62.4 Å². The van der Waals surface area contributed by atoms with Gasteiger partial charge in [-0.2, -0.15) is 5.10 Å². The molecule has 7 nitrogen and oxygen atoms in total. The molecule has 3 aromatic rings. The van der Waals surface area contributed by atoms with Crippen molar-refractivity contribution in [1.29, 1.82) is 0 Å². The molecule has 0 saturated carbocycles. The summed E-state index contributed by atoms with van der Waals surface area (Å²) in [6.45, 7) is 0. The maximum Gasteiger partial charge on any atom is 0.272 e. The number of pyridine rings is 1. The van der Waals surface area contributed by atoms with E-state index in [1.807, 2.05) is 0 Å². The van der Waals surface area contributed by atoms with Gasteiger partial charge >= 0.3 is 0 Å². The first-order valence-electron chi connectivity index (χ1n) is 7.53. The van der Waals surface area contributed by atoms with Gasteiger partial charge in [0.15, 0.2) is 15.5 Å². The Morgan fingerprint density at radius 1 is 1.16 bits per heavy atom. The minimum atomic E-state index is -3.26. The van der Waals surface area contributed by atoms with Gasteiger partial charge in [0, 0.05) is 32.8 Å². The number of hydrogen-bond donors (Lipinski definition) is 0. The summed E-state index contributed by atoms with van der Waals surface area (Å²) in [5.74, 6) is -0.211. The van der Waals surface area contributed by atoms with E-state index in [-0.39, 0.29) is 10.8 Å². The normalized spacial score (nSPS) is 11.7. The summed E-state index contributed by atoms with van der Waals surface area (Å²) in [5, 5.41) is 5.01. The first kappa shape index (κ1) is 17.1. The molecule has 0 spiro atoms. The van der Waals surface area contributed by atoms with Gasteiger partial charge in [0.1, 0.15) is 5.69 Å². The van der Waals surface area contributed by atoms with E-state index in [0.29, 0.717) is 11.3 Å². The second-order valence-corrected chi connectivity index (χ2v) is 8.07. The number of nitrogens with zero attached hydrogens (tertiary/aromatic N) is 4. The molecule has 0 atom stereocenters. The lowest BCUT2D eigenvalue weighted by Gasteiger charge is -2.12. The Bertz CT molecular complexity index is 1070. The summed E-state index contributed by atoms with van der Waals surface area (Å²) in [7, 11) is 1.83. The lowest BCUT2D eigenvalue weighted by molar-refractivity contribution is 0.0822. The minimum Gasteiger partial charge on any atom is -0.343 e. The second kappa shape index (κ2) is 5.96. The first-order valence-corrected chi connectivity index (χ1v) is 9.42. The lowest BCUT2D eigenvalue weighted by atomic mass is 10.0. The van der Waals surface area contributed by atoms with Crippen LogP contribution in [0.25, 0.3) is 22.2 Å². The molecule has 25 heavy (non-hydrogen) atoms. The average Bonchev–Trinajstić information content (AvgIpc) is 2.94. The number of carbonyl (C=O) groups excluding carboxylic acids is 1. The van der Waals surface area contributed by atoms with Crippen molar-refractivity contribution in [3.63, 3.8) is 0 Å². The molecule has 2 aromatic heterocycles. The predicted molar refractivity (Wildman–Crippen MR) is 95.1 cm³/mol. The van der Waals surface area contributed by atoms with Crippen molar-refractivity contribution in [2.45, 2.75) is 4.90 Å². The highest BCUT2D eigenvalue weighted by Crippen LogP contribution is 2.29. The van der Waals surface area contributed by atoms with E-state index in [9.17, 15) is 13.2 Å². The Hall–Kier alpha value is -2.74. The molecule has 0 bridgehead atoms. The van der Waals surface area contributed by atoms with Gasteiger partial charge in [-0.05, 0) is 29.3 Å². The van der Waals surface area contributed by atoms with E-state index in [0.717, 1.165) is 16.5 Å². The van der Waals surface area contributed by atoms with Crippen molar-refractivity contribution in [2.24, 2.45) is 7.05 Å². The third-order valence-electron chi connectivity index (χ3n) is 3.92. The topological polar surface area (TPSA) is 85.2 Å². The van der Waals surface area contributed by atoms with Crippen LogP contribution in [0.15, 0.2) is 41.4 Å². The van der Waals surface area contributed by atoms with Crippen molar-refractivity contribution in [2.75, 3.05) is 20.4 Å². The van der Waals surface area contributed by atoms with Crippen molar-refractivity contribution in [3.05, 3.63) is 42.2 Å². The van der Waals surface area contributed by atoms with Gasteiger partial charge < -0.3 is 4.90 Å². The van der Waals surface area contributed by atoms with Crippen LogP contribution in [0.1, 0.15) is 10.5 Å². The lowest BCUT2D eigenvalue weighted by Crippen LogP contribution is -2.23. The zero-order chi connectivity index (χ0) is 18.4. The van der Waals surface area contributed by atoms with E-state index in [4.69, 9.17) is 0 Å². The summed E-state index contributed by atoms with van der Waals surface area (Å²) >= 11 is 0. The van der Waals surface area contributed by atoms with Crippen molar-refractivity contribution < 1.29 is 13.2 Å². The van der Waals surface area contributed by atoms with Crippen LogP contribution in [-0.4, -0.2) is 54.3 Å². The van der Waals surface area contributed by atoms with Crippen LogP contribution in [0, 0.1) is 0 Å². The smallest absolute Gasteiger partial charge is 0.272 e. The number of hydrogen-bond acceptors (Lipinski definition) is 5. The summed E-state index contributed by atoms with van der Waals surface area (Å²) in [6.07, 6.45) is 2.85. The van der Waals surface area contributed by atoms with Crippen LogP contribution in [0.5, 0.6) is 0 Å². The van der Waals surface area contributed by atoms with Crippen molar-refractivity contribution in [1.82, 2.24) is 19.7 Å². The molecule has 0 unspecified atom stereocenters. The Morgan fingerprint density at radius 2 is 1.80 bits per heavy atom. The molecule has 0 N–H and O–H groups in total. The molecule has 0 radical (unpaired) electrons. The van der Waals surface area contributed by atoms with Gasteiger partial charge in [0.2, 0.25) is 0 Å². The largest absolute Gasteiger partial charge is 0.343 e. The summed E-state index contributed by atoms with van der Waals surface area (Å²) in [4.78, 5) is 18.5. The molecule has 0 aliphatic carbocycles. The van der Waals surface area contributed by atoms with E-state index < -0.39 is 9.84 Å².